The van der Waals surface area contributed by atoms with Gasteiger partial charge in [0.2, 0.25) is 0 Å². The van der Waals surface area contributed by atoms with E-state index in [1.165, 1.54) is 23.6 Å². The van der Waals surface area contributed by atoms with Crippen molar-refractivity contribution in [2.24, 2.45) is 11.0 Å². The fourth-order valence-corrected chi connectivity index (χ4v) is 5.49. The second-order valence-corrected chi connectivity index (χ2v) is 9.69. The molecular weight excluding hydrogens is 454 g/mol. The highest BCUT2D eigenvalue weighted by atomic mass is 35.5. The van der Waals surface area contributed by atoms with Crippen molar-refractivity contribution in [3.05, 3.63) is 58.1 Å². The first kappa shape index (κ1) is 22.3. The lowest BCUT2D eigenvalue weighted by Crippen LogP contribution is -2.40. The van der Waals surface area contributed by atoms with E-state index in [0.717, 1.165) is 24.1 Å². The summed E-state index contributed by atoms with van der Waals surface area (Å²) in [5.74, 6) is -1.67. The molecular formula is C22H22ClN3O5S. The Balaban J connectivity index is 0.000000186. The summed E-state index contributed by atoms with van der Waals surface area (Å²) in [5.41, 5.74) is 7.41. The van der Waals surface area contributed by atoms with Gasteiger partial charge in [-0.15, -0.1) is 0 Å². The minimum Gasteiger partial charge on any atom is -0.465 e. The third-order valence-corrected chi connectivity index (χ3v) is 7.36. The number of aryl methyl sites for hydroxylation is 2. The molecule has 3 aliphatic heterocycles. The Morgan fingerprint density at radius 3 is 2.62 bits per heavy atom. The van der Waals surface area contributed by atoms with Crippen molar-refractivity contribution in [1.82, 2.24) is 5.43 Å². The lowest BCUT2D eigenvalue weighted by Gasteiger charge is -2.20. The number of benzene rings is 2. The molecule has 10 heteroatoms. The van der Waals surface area contributed by atoms with Crippen LogP contribution in [0.3, 0.4) is 0 Å². The van der Waals surface area contributed by atoms with Gasteiger partial charge < -0.3 is 4.74 Å². The molecule has 32 heavy (non-hydrogen) atoms. The number of nitrogens with one attached hydrogen (secondary N) is 2. The van der Waals surface area contributed by atoms with E-state index >= 15 is 0 Å². The largest absolute Gasteiger partial charge is 0.465 e. The Hall–Kier alpha value is -2.91. The van der Waals surface area contributed by atoms with Gasteiger partial charge in [0.1, 0.15) is 10.8 Å². The maximum Gasteiger partial charge on any atom is 0.318 e. The predicted molar refractivity (Wildman–Crippen MR) is 120 cm³/mol. The van der Waals surface area contributed by atoms with Crippen LogP contribution in [0.15, 0.2) is 46.4 Å². The molecule has 2 aromatic carbocycles. The van der Waals surface area contributed by atoms with Crippen LogP contribution in [0.1, 0.15) is 36.5 Å². The minimum atomic E-state index is -3.33. The van der Waals surface area contributed by atoms with Crippen molar-refractivity contribution in [2.75, 3.05) is 11.3 Å². The van der Waals surface area contributed by atoms with E-state index in [1.807, 2.05) is 6.07 Å². The normalized spacial score (nSPS) is 19.6. The molecule has 0 aromatic heterocycles. The third-order valence-electron chi connectivity index (χ3n) is 5.49. The first-order valence-corrected chi connectivity index (χ1v) is 12.1. The first-order chi connectivity index (χ1) is 15.3. The highest BCUT2D eigenvalue weighted by molar-refractivity contribution is 7.93. The summed E-state index contributed by atoms with van der Waals surface area (Å²) < 4.78 is 29.5. The van der Waals surface area contributed by atoms with Crippen molar-refractivity contribution < 1.29 is 22.7 Å². The van der Waals surface area contributed by atoms with E-state index < -0.39 is 27.8 Å². The minimum absolute atomic E-state index is 0.147. The summed E-state index contributed by atoms with van der Waals surface area (Å²) in [6.07, 6.45) is 3.70. The standard InChI is InChI=1S/C16H18N2O3.C6H4ClNO2S/c1-2-21-16(20)13-9-14(17-18-15(13)19)12-7-6-10-4-3-5-11(10)8-12;7-5-3-4-1-2-6(5)11(9,10)8-4/h6-8,13H,2-5,9H2,1H3,(H,18,19);1-3,8H. The maximum absolute atomic E-state index is 11.8. The number of rotatable bonds is 3. The van der Waals surface area contributed by atoms with Gasteiger partial charge in [-0.05, 0) is 67.1 Å². The lowest BCUT2D eigenvalue weighted by atomic mass is 9.94. The number of nitrogens with zero attached hydrogens (tertiary/aromatic N) is 1. The molecule has 0 saturated carbocycles. The Labute approximate surface area is 191 Å². The van der Waals surface area contributed by atoms with Gasteiger partial charge >= 0.3 is 5.97 Å². The van der Waals surface area contributed by atoms with Gasteiger partial charge in [0.05, 0.1) is 23.0 Å². The van der Waals surface area contributed by atoms with E-state index in [4.69, 9.17) is 16.3 Å². The molecule has 0 fully saturated rings. The maximum atomic E-state index is 11.8. The van der Waals surface area contributed by atoms with Crippen LogP contribution in [0.4, 0.5) is 5.69 Å². The quantitative estimate of drug-likeness (QED) is 0.523. The molecule has 6 rings (SSSR count). The Morgan fingerprint density at radius 1 is 1.19 bits per heavy atom. The molecule has 4 aliphatic rings. The van der Waals surface area contributed by atoms with E-state index in [1.54, 1.807) is 19.1 Å². The lowest BCUT2D eigenvalue weighted by molar-refractivity contribution is -0.152. The molecule has 1 atom stereocenters. The van der Waals surface area contributed by atoms with E-state index in [-0.39, 0.29) is 16.5 Å². The third kappa shape index (κ3) is 4.49. The fraction of sp³-hybridized carbons (Fsp3) is 0.318. The van der Waals surface area contributed by atoms with Crippen LogP contribution in [0.5, 0.6) is 0 Å². The SMILES string of the molecule is CCOC(=O)C1CC(c2ccc3c(c2)CCC3)=NNC1=O.O=S1(=O)Nc2ccc1c(Cl)c2. The summed E-state index contributed by atoms with van der Waals surface area (Å²) in [4.78, 5) is 23.7. The summed E-state index contributed by atoms with van der Waals surface area (Å²) >= 11 is 5.63. The molecule has 1 amide bonds. The number of halogens is 1. The smallest absolute Gasteiger partial charge is 0.318 e. The molecule has 0 saturated heterocycles. The summed E-state index contributed by atoms with van der Waals surface area (Å²) in [6.45, 7) is 2.00. The summed E-state index contributed by atoms with van der Waals surface area (Å²) in [7, 11) is -3.33. The van der Waals surface area contributed by atoms with Crippen LogP contribution in [-0.2, 0) is 37.2 Å². The van der Waals surface area contributed by atoms with Crippen LogP contribution < -0.4 is 10.1 Å². The van der Waals surface area contributed by atoms with E-state index in [0.29, 0.717) is 12.1 Å². The highest BCUT2D eigenvalue weighted by Crippen LogP contribution is 2.31. The van der Waals surface area contributed by atoms with Gasteiger partial charge in [0, 0.05) is 6.42 Å². The Morgan fingerprint density at radius 2 is 1.97 bits per heavy atom. The number of ether oxygens (including phenoxy) is 1. The van der Waals surface area contributed by atoms with Crippen molar-refractivity contribution in [1.29, 1.82) is 0 Å². The van der Waals surface area contributed by atoms with Crippen molar-refractivity contribution in [2.45, 2.75) is 37.5 Å². The summed E-state index contributed by atoms with van der Waals surface area (Å²) in [6, 6.07) is 11.0. The van der Waals surface area contributed by atoms with Crippen molar-refractivity contribution in [3.8, 4) is 0 Å². The van der Waals surface area contributed by atoms with Gasteiger partial charge in [-0.1, -0.05) is 23.7 Å². The molecule has 2 aromatic rings. The second-order valence-electron chi connectivity index (χ2n) is 7.63. The molecule has 168 valence electrons. The number of hydrogen-bond donors (Lipinski definition) is 2. The zero-order chi connectivity index (χ0) is 22.9. The average Bonchev–Trinajstić information content (AvgIpc) is 3.22. The number of sulfonamides is 1. The number of hydrogen-bond acceptors (Lipinski definition) is 6. The number of carbonyl (C=O) groups is 2. The van der Waals surface area contributed by atoms with Crippen molar-refractivity contribution in [3.63, 3.8) is 0 Å². The molecule has 2 bridgehead atoms. The molecule has 0 radical (unpaired) electrons. The number of carbonyl (C=O) groups excluding carboxylic acids is 2. The van der Waals surface area contributed by atoms with Gasteiger partial charge in [-0.2, -0.15) is 5.10 Å². The number of fused-ring (bicyclic) bond motifs is 4. The van der Waals surface area contributed by atoms with Crippen LogP contribution >= 0.6 is 11.6 Å². The molecule has 1 unspecified atom stereocenters. The Kier molecular flexibility index (Phi) is 6.21. The number of amides is 1. The van der Waals surface area contributed by atoms with Crippen LogP contribution in [-0.4, -0.2) is 32.6 Å². The van der Waals surface area contributed by atoms with Crippen LogP contribution in [0.25, 0.3) is 0 Å². The predicted octanol–water partition coefficient (Wildman–Crippen LogP) is 3.03. The van der Waals surface area contributed by atoms with E-state index in [2.05, 4.69) is 27.4 Å². The number of esters is 1. The molecule has 3 heterocycles. The number of anilines is 1. The zero-order valence-corrected chi connectivity index (χ0v) is 18.9. The Bertz CT molecular complexity index is 1230. The van der Waals surface area contributed by atoms with Gasteiger partial charge in [-0.25, -0.2) is 13.8 Å². The molecule has 0 spiro atoms. The van der Waals surface area contributed by atoms with Gasteiger partial charge in [-0.3, -0.25) is 14.3 Å². The van der Waals surface area contributed by atoms with Crippen molar-refractivity contribution >= 4 is 44.9 Å². The first-order valence-electron chi connectivity index (χ1n) is 10.3. The molecule has 8 nitrogen and oxygen atoms in total. The fourth-order valence-electron chi connectivity index (χ4n) is 3.89. The summed E-state index contributed by atoms with van der Waals surface area (Å²) in [5, 5.41) is 4.39. The average molecular weight is 476 g/mol. The topological polar surface area (TPSA) is 114 Å². The van der Waals surface area contributed by atoms with Gasteiger partial charge in [0.15, 0.2) is 0 Å². The molecule has 2 N–H and O–H groups in total. The molecule has 1 aliphatic carbocycles. The van der Waals surface area contributed by atoms with Gasteiger partial charge in [0.25, 0.3) is 15.9 Å². The number of hydrazone groups is 1. The van der Waals surface area contributed by atoms with Crippen LogP contribution in [0.2, 0.25) is 5.02 Å². The monoisotopic (exact) mass is 475 g/mol. The van der Waals surface area contributed by atoms with E-state index in [9.17, 15) is 18.0 Å². The second kappa shape index (κ2) is 8.91. The zero-order valence-electron chi connectivity index (χ0n) is 17.4. The highest BCUT2D eigenvalue weighted by Gasteiger charge is 2.33. The van der Waals surface area contributed by atoms with Crippen LogP contribution in [0, 0.1) is 5.92 Å².